The van der Waals surface area contributed by atoms with Crippen molar-refractivity contribution in [3.05, 3.63) is 172 Å². The lowest BCUT2D eigenvalue weighted by Crippen LogP contribution is -2.47. The Morgan fingerprint density at radius 2 is 1.50 bits per heavy atom. The van der Waals surface area contributed by atoms with Gasteiger partial charge in [0.25, 0.3) is 5.69 Å². The number of hydrogen-bond acceptors (Lipinski definition) is 8. The minimum atomic E-state index is -1.02. The van der Waals surface area contributed by atoms with E-state index in [1.165, 1.54) is 12.1 Å². The molecule has 2 unspecified atom stereocenters. The number of rotatable bonds is 7. The van der Waals surface area contributed by atoms with Crippen LogP contribution in [-0.2, 0) is 10.6 Å². The molecule has 1 aromatic heterocycles. The molecule has 2 aliphatic rings. The van der Waals surface area contributed by atoms with Crippen LogP contribution >= 0.6 is 23.5 Å². The predicted molar refractivity (Wildman–Crippen MR) is 190 cm³/mol. The fourth-order valence-corrected chi connectivity index (χ4v) is 9.08. The summed E-state index contributed by atoms with van der Waals surface area (Å²) in [6, 6.07) is 45.6. The van der Waals surface area contributed by atoms with Crippen LogP contribution in [0.25, 0.3) is 5.69 Å². The van der Waals surface area contributed by atoms with Crippen LogP contribution in [0, 0.1) is 17.0 Å². The van der Waals surface area contributed by atoms with Crippen LogP contribution in [0.1, 0.15) is 34.1 Å². The van der Waals surface area contributed by atoms with Crippen molar-refractivity contribution in [2.24, 2.45) is 5.16 Å². The quantitative estimate of drug-likeness (QED) is 0.124. The van der Waals surface area contributed by atoms with Gasteiger partial charge in [0.05, 0.1) is 22.0 Å². The van der Waals surface area contributed by atoms with Crippen molar-refractivity contribution in [2.45, 2.75) is 39.1 Å². The second-order valence-electron chi connectivity index (χ2n) is 11.5. The molecule has 3 heterocycles. The van der Waals surface area contributed by atoms with Gasteiger partial charge in [-0.15, -0.1) is 11.8 Å². The van der Waals surface area contributed by atoms with Crippen molar-refractivity contribution in [1.82, 2.24) is 9.78 Å². The molecule has 0 aliphatic carbocycles. The normalized spacial score (nSPS) is 18.3. The van der Waals surface area contributed by atoms with Crippen LogP contribution in [0.3, 0.4) is 0 Å². The van der Waals surface area contributed by atoms with Gasteiger partial charge in [0.1, 0.15) is 5.03 Å². The number of nitro groups is 1. The van der Waals surface area contributed by atoms with Gasteiger partial charge in [-0.1, -0.05) is 95.8 Å². The number of hydrogen-bond donors (Lipinski definition) is 0. The SMILES string of the molecule is Cc1nn(-c2ccccc2)c(Sc2ccccc2)c1C1CC2(c3ccccc3)ON=C(c3ccc([N+](=O)[O-])cc3)N2c2ccccc2S1. The van der Waals surface area contributed by atoms with E-state index in [0.717, 1.165) is 48.6 Å². The van der Waals surface area contributed by atoms with Crippen LogP contribution in [-0.4, -0.2) is 20.5 Å². The molecule has 8 rings (SSSR count). The Labute approximate surface area is 286 Å². The number of amidine groups is 1. The standard InChI is InChI=1S/C38H29N5O3S2/c1-26-35(37(47-31-17-9-4-10-18-31)42(39-26)29-15-7-3-8-16-29)34-25-38(28-13-5-2-6-14-28)41(32-19-11-12-20-33(32)48-34)36(40-46-38)27-21-23-30(24-22-27)43(44)45/h2-24,34H,25H2,1H3. The van der Waals surface area contributed by atoms with Gasteiger partial charge in [-0.25, -0.2) is 4.68 Å². The molecule has 0 saturated carbocycles. The summed E-state index contributed by atoms with van der Waals surface area (Å²) < 4.78 is 2.06. The second kappa shape index (κ2) is 12.4. The molecule has 0 spiro atoms. The Bertz CT molecular complexity index is 2140. The third kappa shape index (κ3) is 5.23. The molecule has 5 aromatic carbocycles. The summed E-state index contributed by atoms with van der Waals surface area (Å²) in [5.74, 6) is 0.595. The summed E-state index contributed by atoms with van der Waals surface area (Å²) in [6.45, 7) is 2.09. The first-order valence-electron chi connectivity index (χ1n) is 15.5. The van der Waals surface area contributed by atoms with E-state index >= 15 is 0 Å². The van der Waals surface area contributed by atoms with Gasteiger partial charge in [0.2, 0.25) is 5.72 Å². The number of fused-ring (bicyclic) bond motifs is 3. The summed E-state index contributed by atoms with van der Waals surface area (Å²) >= 11 is 3.51. The zero-order valence-electron chi connectivity index (χ0n) is 25.8. The number of aromatic nitrogens is 2. The molecule has 236 valence electrons. The summed E-state index contributed by atoms with van der Waals surface area (Å²) in [6.07, 6.45) is 0.542. The zero-order valence-corrected chi connectivity index (χ0v) is 27.5. The third-order valence-electron chi connectivity index (χ3n) is 8.60. The van der Waals surface area contributed by atoms with E-state index in [9.17, 15) is 10.1 Å². The van der Waals surface area contributed by atoms with E-state index in [-0.39, 0.29) is 10.9 Å². The third-order valence-corrected chi connectivity index (χ3v) is 11.0. The largest absolute Gasteiger partial charge is 0.360 e. The number of thioether (sulfide) groups is 1. The highest BCUT2D eigenvalue weighted by molar-refractivity contribution is 8.00. The Balaban J connectivity index is 1.32. The van der Waals surface area contributed by atoms with Crippen molar-refractivity contribution in [2.75, 3.05) is 4.90 Å². The predicted octanol–water partition coefficient (Wildman–Crippen LogP) is 9.53. The number of para-hydroxylation sites is 2. The molecule has 2 atom stereocenters. The van der Waals surface area contributed by atoms with Gasteiger partial charge in [-0.05, 0) is 55.5 Å². The van der Waals surface area contributed by atoms with E-state index in [0.29, 0.717) is 12.3 Å². The van der Waals surface area contributed by atoms with Crippen LogP contribution in [0.2, 0.25) is 0 Å². The number of nitro benzene ring substituents is 1. The first-order chi connectivity index (χ1) is 23.5. The summed E-state index contributed by atoms with van der Waals surface area (Å²) in [7, 11) is 0. The highest BCUT2D eigenvalue weighted by atomic mass is 32.2. The van der Waals surface area contributed by atoms with Gasteiger partial charge >= 0.3 is 0 Å². The van der Waals surface area contributed by atoms with Crippen molar-refractivity contribution in [1.29, 1.82) is 0 Å². The lowest BCUT2D eigenvalue weighted by Gasteiger charge is -2.37. The van der Waals surface area contributed by atoms with Crippen LogP contribution in [0.15, 0.2) is 159 Å². The van der Waals surface area contributed by atoms with Gasteiger partial charge in [-0.3, -0.25) is 15.0 Å². The molecule has 2 aliphatic heterocycles. The maximum atomic E-state index is 11.5. The Morgan fingerprint density at radius 3 is 2.21 bits per heavy atom. The summed E-state index contributed by atoms with van der Waals surface area (Å²) in [5.41, 5.74) is 4.71. The fourth-order valence-electron chi connectivity index (χ4n) is 6.40. The highest BCUT2D eigenvalue weighted by Gasteiger charge is 2.53. The van der Waals surface area contributed by atoms with E-state index in [1.54, 1.807) is 35.7 Å². The molecule has 0 N–H and O–H groups in total. The molecular formula is C38H29N5O3S2. The molecule has 6 aromatic rings. The molecule has 10 heteroatoms. The number of anilines is 1. The topological polar surface area (TPSA) is 85.8 Å². The summed E-state index contributed by atoms with van der Waals surface area (Å²) in [4.78, 5) is 22.1. The number of aryl methyl sites for hydroxylation is 1. The fraction of sp³-hybridized carbons (Fsp3) is 0.105. The van der Waals surface area contributed by atoms with Gasteiger partial charge in [0, 0.05) is 50.3 Å². The molecule has 0 bridgehead atoms. The Kier molecular flexibility index (Phi) is 7.74. The Hall–Kier alpha value is -5.32. The number of benzene rings is 5. The average Bonchev–Trinajstić information content (AvgIpc) is 3.62. The second-order valence-corrected chi connectivity index (χ2v) is 13.8. The van der Waals surface area contributed by atoms with E-state index < -0.39 is 10.6 Å². The molecule has 0 radical (unpaired) electrons. The average molecular weight is 668 g/mol. The molecular weight excluding hydrogens is 639 g/mol. The first kappa shape index (κ1) is 30.0. The smallest absolute Gasteiger partial charge is 0.269 e. The lowest BCUT2D eigenvalue weighted by atomic mass is 9.92. The number of non-ortho nitro benzene ring substituents is 1. The molecule has 0 amide bonds. The van der Waals surface area contributed by atoms with E-state index in [4.69, 9.17) is 15.1 Å². The van der Waals surface area contributed by atoms with Crippen molar-refractivity contribution in [3.63, 3.8) is 0 Å². The number of oxime groups is 1. The molecule has 0 fully saturated rings. The maximum Gasteiger partial charge on any atom is 0.269 e. The molecule has 48 heavy (non-hydrogen) atoms. The lowest BCUT2D eigenvalue weighted by molar-refractivity contribution is -0.384. The van der Waals surface area contributed by atoms with Crippen molar-refractivity contribution < 1.29 is 9.76 Å². The van der Waals surface area contributed by atoms with Crippen molar-refractivity contribution in [3.8, 4) is 5.69 Å². The Morgan fingerprint density at radius 1 is 0.854 bits per heavy atom. The van der Waals surface area contributed by atoms with Gasteiger partial charge in [-0.2, -0.15) is 5.10 Å². The van der Waals surface area contributed by atoms with Gasteiger partial charge in [0.15, 0.2) is 5.84 Å². The van der Waals surface area contributed by atoms with Gasteiger partial charge < -0.3 is 4.84 Å². The minimum absolute atomic E-state index is 0.0221. The number of nitrogens with zero attached hydrogens (tertiary/aromatic N) is 5. The zero-order chi connectivity index (χ0) is 32.7. The van der Waals surface area contributed by atoms with Crippen LogP contribution in [0.5, 0.6) is 0 Å². The summed E-state index contributed by atoms with van der Waals surface area (Å²) in [5, 5.41) is 22.3. The molecule has 8 nitrogen and oxygen atoms in total. The van der Waals surface area contributed by atoms with Crippen molar-refractivity contribution >= 4 is 40.7 Å². The highest BCUT2D eigenvalue weighted by Crippen LogP contribution is 2.58. The molecule has 0 saturated heterocycles. The maximum absolute atomic E-state index is 11.5. The van der Waals surface area contributed by atoms with Crippen LogP contribution < -0.4 is 4.90 Å². The minimum Gasteiger partial charge on any atom is -0.360 e. The van der Waals surface area contributed by atoms with E-state index in [2.05, 4.69) is 83.2 Å². The monoisotopic (exact) mass is 667 g/mol. The van der Waals surface area contributed by atoms with E-state index in [1.807, 2.05) is 48.5 Å². The van der Waals surface area contributed by atoms with Crippen LogP contribution in [0.4, 0.5) is 11.4 Å². The first-order valence-corrected chi connectivity index (χ1v) is 17.2.